The predicted octanol–water partition coefficient (Wildman–Crippen LogP) is 3.54. The summed E-state index contributed by atoms with van der Waals surface area (Å²) >= 11 is 0. The van der Waals surface area contributed by atoms with Gasteiger partial charge in [-0.1, -0.05) is 42.5 Å². The minimum Gasteiger partial charge on any atom is -0.302 e. The second-order valence-corrected chi connectivity index (χ2v) is 5.60. The van der Waals surface area contributed by atoms with E-state index >= 15 is 0 Å². The van der Waals surface area contributed by atoms with Gasteiger partial charge in [0.2, 0.25) is 0 Å². The van der Waals surface area contributed by atoms with Crippen molar-refractivity contribution in [2.75, 3.05) is 13.2 Å². The minimum atomic E-state index is -3.88. The molecule has 102 valence electrons. The van der Waals surface area contributed by atoms with Gasteiger partial charge in [0.1, 0.15) is 0 Å². The van der Waals surface area contributed by atoms with E-state index in [0.29, 0.717) is 6.42 Å². The molecule has 0 aliphatic heterocycles. The molecule has 0 aliphatic carbocycles. The molecule has 19 heavy (non-hydrogen) atoms. The summed E-state index contributed by atoms with van der Waals surface area (Å²) in [5.41, 5.74) is 1.06. The van der Waals surface area contributed by atoms with Gasteiger partial charge in [-0.15, -0.1) is 0 Å². The Morgan fingerprint density at radius 2 is 1.84 bits per heavy atom. The standard InChI is InChI=1S/C14H17O4P/c1-2-17-19(15,16)18-10-9-12-7-8-13-5-3-4-6-14(13)11-12/h3-8,11H,2,9-10H2,1H3,(H,15,16). The van der Waals surface area contributed by atoms with Crippen molar-refractivity contribution in [3.63, 3.8) is 0 Å². The Kier molecular flexibility index (Phi) is 4.72. The van der Waals surface area contributed by atoms with Crippen LogP contribution in [0.4, 0.5) is 0 Å². The zero-order valence-electron chi connectivity index (χ0n) is 10.8. The maximum atomic E-state index is 11.3. The van der Waals surface area contributed by atoms with Crippen molar-refractivity contribution < 1.29 is 18.5 Å². The topological polar surface area (TPSA) is 55.8 Å². The number of rotatable bonds is 6. The first-order valence-corrected chi connectivity index (χ1v) is 7.70. The first-order valence-electron chi connectivity index (χ1n) is 6.20. The molecule has 1 unspecified atom stereocenters. The van der Waals surface area contributed by atoms with Crippen molar-refractivity contribution in [1.29, 1.82) is 0 Å². The summed E-state index contributed by atoms with van der Waals surface area (Å²) in [4.78, 5) is 9.28. The molecule has 0 heterocycles. The van der Waals surface area contributed by atoms with Crippen molar-refractivity contribution in [1.82, 2.24) is 0 Å². The average Bonchev–Trinajstić information content (AvgIpc) is 2.38. The fraction of sp³-hybridized carbons (Fsp3) is 0.286. The smallest absolute Gasteiger partial charge is 0.302 e. The molecule has 0 saturated heterocycles. The summed E-state index contributed by atoms with van der Waals surface area (Å²) in [6.07, 6.45) is 0.572. The van der Waals surface area contributed by atoms with Crippen LogP contribution < -0.4 is 0 Å². The van der Waals surface area contributed by atoms with Crippen LogP contribution in [-0.2, 0) is 20.0 Å². The van der Waals surface area contributed by atoms with Gasteiger partial charge in [-0.2, -0.15) is 0 Å². The third-order valence-electron chi connectivity index (χ3n) is 2.75. The van der Waals surface area contributed by atoms with E-state index < -0.39 is 7.82 Å². The molecule has 1 atom stereocenters. The van der Waals surface area contributed by atoms with Gasteiger partial charge in [-0.05, 0) is 29.7 Å². The zero-order chi connectivity index (χ0) is 13.7. The molecule has 4 nitrogen and oxygen atoms in total. The van der Waals surface area contributed by atoms with Crippen LogP contribution in [0.25, 0.3) is 10.8 Å². The summed E-state index contributed by atoms with van der Waals surface area (Å²) in [6.45, 7) is 1.96. The van der Waals surface area contributed by atoms with Crippen molar-refractivity contribution >= 4 is 18.6 Å². The third kappa shape index (κ3) is 4.15. The van der Waals surface area contributed by atoms with Gasteiger partial charge in [0, 0.05) is 0 Å². The zero-order valence-corrected chi connectivity index (χ0v) is 11.7. The number of hydrogen-bond donors (Lipinski definition) is 1. The van der Waals surface area contributed by atoms with Gasteiger partial charge in [0.15, 0.2) is 0 Å². The molecule has 2 aromatic rings. The first-order chi connectivity index (χ1) is 9.11. The molecule has 0 fully saturated rings. The maximum Gasteiger partial charge on any atom is 0.472 e. The minimum absolute atomic E-state index is 0.157. The lowest BCUT2D eigenvalue weighted by atomic mass is 10.1. The Morgan fingerprint density at radius 1 is 1.11 bits per heavy atom. The van der Waals surface area contributed by atoms with Crippen LogP contribution in [0.1, 0.15) is 12.5 Å². The normalized spacial score (nSPS) is 14.4. The van der Waals surface area contributed by atoms with Crippen molar-refractivity contribution in [2.45, 2.75) is 13.3 Å². The van der Waals surface area contributed by atoms with Crippen LogP contribution in [0.5, 0.6) is 0 Å². The van der Waals surface area contributed by atoms with E-state index in [1.807, 2.05) is 36.4 Å². The number of fused-ring (bicyclic) bond motifs is 1. The Labute approximate surface area is 112 Å². The highest BCUT2D eigenvalue weighted by atomic mass is 31.2. The molecule has 2 aromatic carbocycles. The first kappa shape index (κ1) is 14.2. The molecule has 1 N–H and O–H groups in total. The molecule has 0 aliphatic rings. The summed E-state index contributed by atoms with van der Waals surface area (Å²) in [6, 6.07) is 14.2. The van der Waals surface area contributed by atoms with Crippen LogP contribution in [0.3, 0.4) is 0 Å². The van der Waals surface area contributed by atoms with Crippen molar-refractivity contribution in [3.05, 3.63) is 48.0 Å². The van der Waals surface area contributed by atoms with Crippen molar-refractivity contribution in [3.8, 4) is 0 Å². The van der Waals surface area contributed by atoms with E-state index in [2.05, 4.69) is 10.6 Å². The third-order valence-corrected chi connectivity index (χ3v) is 3.84. The number of benzene rings is 2. The van der Waals surface area contributed by atoms with Gasteiger partial charge in [0.05, 0.1) is 13.2 Å². The second-order valence-electron chi connectivity index (χ2n) is 4.15. The lowest BCUT2D eigenvalue weighted by Gasteiger charge is -2.10. The summed E-state index contributed by atoms with van der Waals surface area (Å²) in [5.74, 6) is 0. The van der Waals surface area contributed by atoms with E-state index in [-0.39, 0.29) is 13.2 Å². The monoisotopic (exact) mass is 280 g/mol. The number of hydrogen-bond acceptors (Lipinski definition) is 3. The molecule has 0 radical (unpaired) electrons. The molecule has 0 amide bonds. The van der Waals surface area contributed by atoms with Gasteiger partial charge < -0.3 is 4.89 Å². The van der Waals surface area contributed by atoms with Gasteiger partial charge in [-0.25, -0.2) is 4.57 Å². The van der Waals surface area contributed by atoms with Gasteiger partial charge >= 0.3 is 7.82 Å². The van der Waals surface area contributed by atoms with Crippen LogP contribution >= 0.6 is 7.82 Å². The van der Waals surface area contributed by atoms with E-state index in [4.69, 9.17) is 4.52 Å². The van der Waals surface area contributed by atoms with Crippen LogP contribution in [-0.4, -0.2) is 18.1 Å². The highest BCUT2D eigenvalue weighted by molar-refractivity contribution is 7.47. The van der Waals surface area contributed by atoms with E-state index in [1.54, 1.807) is 6.92 Å². The summed E-state index contributed by atoms with van der Waals surface area (Å²) < 4.78 is 20.8. The quantitative estimate of drug-likeness (QED) is 0.822. The molecule has 0 spiro atoms. The fourth-order valence-electron chi connectivity index (χ4n) is 1.87. The number of phosphoric ester groups is 1. The average molecular weight is 280 g/mol. The molecule has 5 heteroatoms. The van der Waals surface area contributed by atoms with E-state index in [9.17, 15) is 9.46 Å². The Bertz CT molecular complexity index is 597. The Morgan fingerprint density at radius 3 is 2.58 bits per heavy atom. The number of phosphoric acid groups is 1. The summed E-state index contributed by atoms with van der Waals surface area (Å²) in [5, 5.41) is 2.33. The molecule has 2 rings (SSSR count). The Balaban J connectivity index is 1.96. The lowest BCUT2D eigenvalue weighted by Crippen LogP contribution is -1.99. The molecule has 0 aromatic heterocycles. The highest BCUT2D eigenvalue weighted by Crippen LogP contribution is 2.42. The van der Waals surface area contributed by atoms with Crippen LogP contribution in [0.15, 0.2) is 42.5 Å². The lowest BCUT2D eigenvalue weighted by molar-refractivity contribution is 0.156. The van der Waals surface area contributed by atoms with Crippen molar-refractivity contribution in [2.24, 2.45) is 0 Å². The SMILES string of the molecule is CCOP(=O)(O)OCCc1ccc2ccccc2c1. The largest absolute Gasteiger partial charge is 0.472 e. The molecule has 0 saturated carbocycles. The van der Waals surface area contributed by atoms with Gasteiger partial charge in [0.25, 0.3) is 0 Å². The van der Waals surface area contributed by atoms with Crippen LogP contribution in [0.2, 0.25) is 0 Å². The fourth-order valence-corrected chi connectivity index (χ4v) is 2.60. The summed E-state index contributed by atoms with van der Waals surface area (Å²) in [7, 11) is -3.88. The van der Waals surface area contributed by atoms with Crippen LogP contribution in [0, 0.1) is 0 Å². The molecule has 0 bridgehead atoms. The van der Waals surface area contributed by atoms with E-state index in [0.717, 1.165) is 10.9 Å². The Hall–Kier alpha value is -1.19. The maximum absolute atomic E-state index is 11.3. The molecular weight excluding hydrogens is 263 g/mol. The predicted molar refractivity (Wildman–Crippen MR) is 75.1 cm³/mol. The highest BCUT2D eigenvalue weighted by Gasteiger charge is 2.19. The second kappa shape index (κ2) is 6.31. The van der Waals surface area contributed by atoms with E-state index in [1.165, 1.54) is 5.39 Å². The van der Waals surface area contributed by atoms with Gasteiger partial charge in [-0.3, -0.25) is 9.05 Å². The molecular formula is C14H17O4P.